The van der Waals surface area contributed by atoms with Crippen molar-refractivity contribution in [3.05, 3.63) is 94.2 Å². The van der Waals surface area contributed by atoms with Crippen molar-refractivity contribution >= 4 is 38.6 Å². The van der Waals surface area contributed by atoms with Crippen molar-refractivity contribution in [2.45, 2.75) is 4.90 Å². The van der Waals surface area contributed by atoms with Crippen LogP contribution in [0.25, 0.3) is 0 Å². The van der Waals surface area contributed by atoms with Crippen molar-refractivity contribution in [2.75, 3.05) is 12.0 Å². The molecule has 1 aliphatic rings. The van der Waals surface area contributed by atoms with Crippen LogP contribution in [0.5, 0.6) is 5.75 Å². The van der Waals surface area contributed by atoms with Gasteiger partial charge in [0, 0.05) is 28.5 Å². The van der Waals surface area contributed by atoms with Crippen LogP contribution in [-0.4, -0.2) is 21.3 Å². The zero-order valence-electron chi connectivity index (χ0n) is 15.7. The predicted octanol–water partition coefficient (Wildman–Crippen LogP) is 5.14. The molecule has 152 valence electrons. The fraction of sp³-hybridized carbons (Fsp3) is 0.0455. The maximum atomic E-state index is 14.0. The predicted molar refractivity (Wildman–Crippen MR) is 113 cm³/mol. The number of fused-ring (bicyclic) bond motifs is 1. The molecule has 0 radical (unpaired) electrons. The first kappa shape index (κ1) is 20.1. The minimum Gasteiger partial charge on any atom is -0.497 e. The minimum atomic E-state index is -4.17. The molecule has 0 unspecified atom stereocenters. The highest BCUT2D eigenvalue weighted by molar-refractivity contribution is 7.96. The summed E-state index contributed by atoms with van der Waals surface area (Å²) in [6.45, 7) is 0. The van der Waals surface area contributed by atoms with Crippen LogP contribution in [0.3, 0.4) is 0 Å². The third-order valence-corrected chi connectivity index (χ3v) is 6.71. The largest absolute Gasteiger partial charge is 0.497 e. The van der Waals surface area contributed by atoms with Gasteiger partial charge in [-0.3, -0.25) is 4.79 Å². The summed E-state index contributed by atoms with van der Waals surface area (Å²) in [5.41, 5.74) is 0.791. The summed E-state index contributed by atoms with van der Waals surface area (Å²) >= 11 is 5.87. The quantitative estimate of drug-likeness (QED) is 0.413. The number of ketones is 1. The Balaban J connectivity index is 1.93. The van der Waals surface area contributed by atoms with Crippen molar-refractivity contribution in [3.8, 4) is 5.75 Å². The van der Waals surface area contributed by atoms with E-state index in [4.69, 9.17) is 16.3 Å². The highest BCUT2D eigenvalue weighted by atomic mass is 35.5. The molecule has 0 spiro atoms. The molecule has 1 heterocycles. The Morgan fingerprint density at radius 2 is 1.77 bits per heavy atom. The summed E-state index contributed by atoms with van der Waals surface area (Å²) in [4.78, 5) is 14.0. The van der Waals surface area contributed by atoms with Crippen LogP contribution in [-0.2, 0) is 9.84 Å². The lowest BCUT2D eigenvalue weighted by Crippen LogP contribution is -2.26. The van der Waals surface area contributed by atoms with Crippen LogP contribution >= 0.6 is 11.6 Å². The number of nitrogens with zero attached hydrogens (tertiary/aromatic N) is 1. The summed E-state index contributed by atoms with van der Waals surface area (Å²) in [5.74, 6) is -0.759. The molecule has 1 aliphatic heterocycles. The zero-order valence-corrected chi connectivity index (χ0v) is 17.2. The summed E-state index contributed by atoms with van der Waals surface area (Å²) in [7, 11) is -2.68. The van der Waals surface area contributed by atoms with E-state index in [1.54, 1.807) is 24.3 Å². The lowest BCUT2D eigenvalue weighted by molar-refractivity contribution is 0.104. The number of carbonyl (C=O) groups excluding carboxylic acids is 1. The van der Waals surface area contributed by atoms with Gasteiger partial charge in [0.1, 0.15) is 16.5 Å². The van der Waals surface area contributed by atoms with Crippen LogP contribution in [0.1, 0.15) is 10.4 Å². The van der Waals surface area contributed by atoms with E-state index in [1.807, 2.05) is 0 Å². The molecule has 0 N–H and O–H groups in total. The monoisotopic (exact) mass is 443 g/mol. The van der Waals surface area contributed by atoms with E-state index in [0.29, 0.717) is 16.5 Å². The standard InChI is InChI=1S/C22H15ClFNO4S/c1-29-18-4-2-3-17(12-18)25-13-21(22(26)14-5-7-15(23)8-6-14)30(27,28)20-10-9-16(24)11-19(20)25/h2-13H,1H3. The van der Waals surface area contributed by atoms with Crippen molar-refractivity contribution in [3.63, 3.8) is 0 Å². The topological polar surface area (TPSA) is 63.7 Å². The van der Waals surface area contributed by atoms with Crippen LogP contribution < -0.4 is 9.64 Å². The molecule has 3 aromatic rings. The number of ether oxygens (including phenoxy) is 1. The molecule has 5 nitrogen and oxygen atoms in total. The van der Waals surface area contributed by atoms with Gasteiger partial charge in [0.25, 0.3) is 0 Å². The number of hydrogen-bond acceptors (Lipinski definition) is 5. The number of rotatable bonds is 4. The number of halogens is 2. The van der Waals surface area contributed by atoms with Crippen LogP contribution in [0, 0.1) is 5.82 Å². The lowest BCUT2D eigenvalue weighted by Gasteiger charge is -2.29. The van der Waals surface area contributed by atoms with Crippen LogP contribution in [0.4, 0.5) is 15.8 Å². The van der Waals surface area contributed by atoms with Gasteiger partial charge in [-0.2, -0.15) is 0 Å². The fourth-order valence-electron chi connectivity index (χ4n) is 3.18. The minimum absolute atomic E-state index is 0.107. The Kier molecular flexibility index (Phi) is 5.09. The number of anilines is 2. The molecular weight excluding hydrogens is 429 g/mol. The highest BCUT2D eigenvalue weighted by Gasteiger charge is 2.36. The molecule has 0 fully saturated rings. The summed E-state index contributed by atoms with van der Waals surface area (Å²) < 4.78 is 45.6. The Morgan fingerprint density at radius 1 is 1.03 bits per heavy atom. The maximum Gasteiger partial charge on any atom is 0.214 e. The summed E-state index contributed by atoms with van der Waals surface area (Å²) in [6.07, 6.45) is 1.21. The molecule has 0 aromatic heterocycles. The third kappa shape index (κ3) is 3.46. The number of benzene rings is 3. The van der Waals surface area contributed by atoms with Gasteiger partial charge in [-0.1, -0.05) is 17.7 Å². The Labute approximate surface area is 177 Å². The number of methoxy groups -OCH3 is 1. The van der Waals surface area contributed by atoms with Crippen LogP contribution in [0.15, 0.2) is 82.7 Å². The first-order chi connectivity index (χ1) is 14.3. The molecule has 4 rings (SSSR count). The third-order valence-electron chi connectivity index (χ3n) is 4.67. The van der Waals surface area contributed by atoms with Crippen molar-refractivity contribution in [1.82, 2.24) is 0 Å². The fourth-order valence-corrected chi connectivity index (χ4v) is 4.83. The lowest BCUT2D eigenvalue weighted by atomic mass is 10.1. The molecule has 30 heavy (non-hydrogen) atoms. The van der Waals surface area contributed by atoms with Gasteiger partial charge in [0.05, 0.1) is 17.7 Å². The molecule has 0 atom stereocenters. The number of hydrogen-bond donors (Lipinski definition) is 0. The van der Waals surface area contributed by atoms with Gasteiger partial charge in [-0.25, -0.2) is 12.8 Å². The molecule has 8 heteroatoms. The highest BCUT2D eigenvalue weighted by Crippen LogP contribution is 2.41. The first-order valence-electron chi connectivity index (χ1n) is 8.81. The first-order valence-corrected chi connectivity index (χ1v) is 10.7. The smallest absolute Gasteiger partial charge is 0.214 e. The van der Waals surface area contributed by atoms with Gasteiger partial charge >= 0.3 is 0 Å². The maximum absolute atomic E-state index is 14.0. The molecule has 0 bridgehead atoms. The average molecular weight is 444 g/mol. The Bertz CT molecular complexity index is 1290. The average Bonchev–Trinajstić information content (AvgIpc) is 2.73. The molecule has 0 aliphatic carbocycles. The zero-order chi connectivity index (χ0) is 21.5. The van der Waals surface area contributed by atoms with Crippen LogP contribution in [0.2, 0.25) is 5.02 Å². The van der Waals surface area contributed by atoms with Gasteiger partial charge < -0.3 is 9.64 Å². The molecule has 0 amide bonds. The normalized spacial score (nSPS) is 14.6. The van der Waals surface area contributed by atoms with Gasteiger partial charge in [-0.15, -0.1) is 0 Å². The summed E-state index contributed by atoms with van der Waals surface area (Å²) in [6, 6.07) is 16.1. The second-order valence-electron chi connectivity index (χ2n) is 6.52. The van der Waals surface area contributed by atoms with E-state index in [-0.39, 0.29) is 16.1 Å². The van der Waals surface area contributed by atoms with Crippen molar-refractivity contribution in [1.29, 1.82) is 0 Å². The van der Waals surface area contributed by atoms with E-state index < -0.39 is 26.3 Å². The van der Waals surface area contributed by atoms with Gasteiger partial charge in [0.15, 0.2) is 0 Å². The number of Topliss-reactive ketones (excluding diaryl/α,β-unsaturated/α-hetero) is 1. The Morgan fingerprint density at radius 3 is 2.47 bits per heavy atom. The van der Waals surface area contributed by atoms with Crippen molar-refractivity contribution in [2.24, 2.45) is 0 Å². The molecule has 0 saturated carbocycles. The van der Waals surface area contributed by atoms with Gasteiger partial charge in [0.2, 0.25) is 15.6 Å². The summed E-state index contributed by atoms with van der Waals surface area (Å²) in [5, 5.41) is 0.422. The molecule has 3 aromatic carbocycles. The second kappa shape index (κ2) is 7.59. The SMILES string of the molecule is COc1cccc(N2C=C(C(=O)c3ccc(Cl)cc3)S(=O)(=O)c3ccc(F)cc32)c1. The van der Waals surface area contributed by atoms with E-state index in [0.717, 1.165) is 18.2 Å². The molecular formula is C22H15ClFNO4S. The van der Waals surface area contributed by atoms with Crippen molar-refractivity contribution < 1.29 is 22.3 Å². The second-order valence-corrected chi connectivity index (χ2v) is 8.84. The van der Waals surface area contributed by atoms with Gasteiger partial charge in [-0.05, 0) is 54.6 Å². The number of sulfone groups is 1. The number of allylic oxidation sites excluding steroid dienone is 1. The Hall–Kier alpha value is -3.16. The molecule has 0 saturated heterocycles. The number of carbonyl (C=O) groups is 1. The van der Waals surface area contributed by atoms with E-state index >= 15 is 0 Å². The van der Waals surface area contributed by atoms with E-state index in [9.17, 15) is 17.6 Å². The van der Waals surface area contributed by atoms with E-state index in [2.05, 4.69) is 0 Å². The van der Waals surface area contributed by atoms with E-state index in [1.165, 1.54) is 42.5 Å².